The van der Waals surface area contributed by atoms with Crippen molar-refractivity contribution in [2.75, 3.05) is 7.05 Å². The third kappa shape index (κ3) is 5.32. The lowest BCUT2D eigenvalue weighted by Gasteiger charge is -2.33. The fourth-order valence-corrected chi connectivity index (χ4v) is 3.09. The highest BCUT2D eigenvalue weighted by atomic mass is 35.6. The Morgan fingerprint density at radius 3 is 2.31 bits per heavy atom. The van der Waals surface area contributed by atoms with Crippen LogP contribution >= 0.6 is 34.8 Å². The predicted octanol–water partition coefficient (Wildman–Crippen LogP) is 4.15. The first kappa shape index (κ1) is 20.5. The van der Waals surface area contributed by atoms with E-state index in [0.717, 1.165) is 5.56 Å². The van der Waals surface area contributed by atoms with Gasteiger partial charge in [-0.05, 0) is 18.7 Å². The van der Waals surface area contributed by atoms with Crippen LogP contribution in [-0.2, 0) is 6.54 Å². The molecular weight excluding hydrogens is 401 g/mol. The summed E-state index contributed by atoms with van der Waals surface area (Å²) in [4.78, 5) is 24.7. The van der Waals surface area contributed by atoms with Gasteiger partial charge in [0, 0.05) is 12.6 Å². The van der Waals surface area contributed by atoms with Gasteiger partial charge in [0.15, 0.2) is 0 Å². The molecule has 0 bridgehead atoms. The van der Waals surface area contributed by atoms with E-state index >= 15 is 0 Å². The van der Waals surface area contributed by atoms with Crippen LogP contribution in [0.2, 0.25) is 0 Å². The Bertz CT molecular complexity index is 782. The third-order valence-electron chi connectivity index (χ3n) is 3.64. The van der Waals surface area contributed by atoms with Gasteiger partial charge in [-0.25, -0.2) is 0 Å². The Hall–Kier alpha value is -1.86. The Morgan fingerprint density at radius 2 is 1.73 bits per heavy atom. The van der Waals surface area contributed by atoms with Crippen LogP contribution in [0.4, 0.5) is 5.69 Å². The van der Waals surface area contributed by atoms with Crippen LogP contribution in [0.15, 0.2) is 54.6 Å². The number of carbonyl (C=O) groups is 1. The van der Waals surface area contributed by atoms with Crippen LogP contribution in [0.3, 0.4) is 0 Å². The minimum absolute atomic E-state index is 0.107. The molecule has 26 heavy (non-hydrogen) atoms. The number of hydrogen-bond donors (Lipinski definition) is 1. The standard InChI is InChI=1S/C17H16Cl3N3O3/c1-22(11-12-7-3-2-4-8-12)16(17(18,19)20)21-15(24)13-9-5-6-10-14(13)23(25)26/h2-10,16H,11H2,1H3,(H,21,24). The van der Waals surface area contributed by atoms with E-state index in [1.54, 1.807) is 11.9 Å². The molecule has 0 aliphatic rings. The summed E-state index contributed by atoms with van der Waals surface area (Å²) < 4.78 is -1.84. The van der Waals surface area contributed by atoms with E-state index in [-0.39, 0.29) is 11.3 Å². The van der Waals surface area contributed by atoms with Crippen LogP contribution < -0.4 is 5.32 Å². The molecule has 0 spiro atoms. The highest BCUT2D eigenvalue weighted by Crippen LogP contribution is 2.33. The van der Waals surface area contributed by atoms with Gasteiger partial charge >= 0.3 is 0 Å². The second-order valence-corrected chi connectivity index (χ2v) is 7.96. The smallest absolute Gasteiger partial charge is 0.282 e. The number of alkyl halides is 3. The van der Waals surface area contributed by atoms with Crippen molar-refractivity contribution in [2.24, 2.45) is 0 Å². The molecule has 1 N–H and O–H groups in total. The number of carbonyl (C=O) groups excluding carboxylic acids is 1. The van der Waals surface area contributed by atoms with Gasteiger partial charge in [-0.2, -0.15) is 0 Å². The van der Waals surface area contributed by atoms with Crippen LogP contribution in [0.1, 0.15) is 15.9 Å². The minimum atomic E-state index is -1.84. The third-order valence-corrected chi connectivity index (χ3v) is 4.26. The molecule has 1 atom stereocenters. The number of nitro benzene ring substituents is 1. The normalized spacial score (nSPS) is 12.7. The number of nitrogens with one attached hydrogen (secondary N) is 1. The van der Waals surface area contributed by atoms with Crippen LogP contribution in [-0.4, -0.2) is 32.7 Å². The molecule has 0 saturated heterocycles. The fourth-order valence-electron chi connectivity index (χ4n) is 2.43. The summed E-state index contributed by atoms with van der Waals surface area (Å²) in [5.74, 6) is -0.700. The quantitative estimate of drug-likeness (QED) is 0.332. The zero-order valence-corrected chi connectivity index (χ0v) is 16.0. The molecule has 0 heterocycles. The lowest BCUT2D eigenvalue weighted by Crippen LogP contribution is -2.53. The van der Waals surface area contributed by atoms with E-state index in [0.29, 0.717) is 6.54 Å². The second kappa shape index (κ2) is 8.68. The van der Waals surface area contributed by atoms with Crippen molar-refractivity contribution in [1.29, 1.82) is 0 Å². The number of para-hydroxylation sites is 1. The number of benzene rings is 2. The van der Waals surface area contributed by atoms with Gasteiger partial charge in [0.25, 0.3) is 11.6 Å². The van der Waals surface area contributed by atoms with Gasteiger partial charge in [0.2, 0.25) is 3.79 Å². The average Bonchev–Trinajstić information content (AvgIpc) is 2.59. The lowest BCUT2D eigenvalue weighted by molar-refractivity contribution is -0.385. The van der Waals surface area contributed by atoms with E-state index in [1.165, 1.54) is 24.3 Å². The Balaban J connectivity index is 2.23. The summed E-state index contributed by atoms with van der Waals surface area (Å²) in [6, 6.07) is 15.0. The minimum Gasteiger partial charge on any atom is -0.332 e. The van der Waals surface area contributed by atoms with Crippen molar-refractivity contribution in [3.8, 4) is 0 Å². The van der Waals surface area contributed by atoms with Crippen molar-refractivity contribution in [3.05, 3.63) is 75.8 Å². The number of rotatable bonds is 6. The van der Waals surface area contributed by atoms with Gasteiger partial charge in [0.05, 0.1) is 4.92 Å². The van der Waals surface area contributed by atoms with Gasteiger partial charge < -0.3 is 5.32 Å². The topological polar surface area (TPSA) is 75.5 Å². The molecule has 138 valence electrons. The molecule has 6 nitrogen and oxygen atoms in total. The van der Waals surface area contributed by atoms with Crippen molar-refractivity contribution in [3.63, 3.8) is 0 Å². The van der Waals surface area contributed by atoms with E-state index < -0.39 is 20.8 Å². The molecule has 0 saturated carbocycles. The maximum atomic E-state index is 12.6. The SMILES string of the molecule is CN(Cc1ccccc1)C(NC(=O)c1ccccc1[N+](=O)[O-])C(Cl)(Cl)Cl. The summed E-state index contributed by atoms with van der Waals surface area (Å²) in [7, 11) is 1.68. The molecule has 0 aliphatic carbocycles. The summed E-state index contributed by atoms with van der Waals surface area (Å²) in [5, 5.41) is 13.7. The maximum Gasteiger partial charge on any atom is 0.282 e. The number of nitro groups is 1. The maximum absolute atomic E-state index is 12.6. The largest absolute Gasteiger partial charge is 0.332 e. The summed E-state index contributed by atoms with van der Waals surface area (Å²) in [5.41, 5.74) is 0.526. The van der Waals surface area contributed by atoms with Crippen molar-refractivity contribution in [2.45, 2.75) is 16.5 Å². The first-order chi connectivity index (χ1) is 12.2. The molecule has 0 radical (unpaired) electrons. The van der Waals surface area contributed by atoms with E-state index in [4.69, 9.17) is 34.8 Å². The Labute approximate surface area is 165 Å². The zero-order valence-electron chi connectivity index (χ0n) is 13.7. The zero-order chi connectivity index (χ0) is 19.3. The molecule has 1 unspecified atom stereocenters. The highest BCUT2D eigenvalue weighted by Gasteiger charge is 2.38. The highest BCUT2D eigenvalue weighted by molar-refractivity contribution is 6.68. The number of hydrogen-bond acceptors (Lipinski definition) is 4. The van der Waals surface area contributed by atoms with E-state index in [9.17, 15) is 14.9 Å². The molecular formula is C17H16Cl3N3O3. The molecule has 2 aromatic carbocycles. The first-order valence-electron chi connectivity index (χ1n) is 7.55. The molecule has 1 amide bonds. The van der Waals surface area contributed by atoms with Gasteiger partial charge in [0.1, 0.15) is 11.7 Å². The van der Waals surface area contributed by atoms with Gasteiger partial charge in [-0.1, -0.05) is 77.3 Å². The summed E-state index contributed by atoms with van der Waals surface area (Å²) in [6.45, 7) is 0.399. The molecule has 2 aromatic rings. The van der Waals surface area contributed by atoms with E-state index in [2.05, 4.69) is 5.32 Å². The Kier molecular flexibility index (Phi) is 6.83. The van der Waals surface area contributed by atoms with Gasteiger partial charge in [-0.15, -0.1) is 0 Å². The van der Waals surface area contributed by atoms with Crippen molar-refractivity contribution < 1.29 is 9.72 Å². The van der Waals surface area contributed by atoms with Crippen LogP contribution in [0, 0.1) is 10.1 Å². The van der Waals surface area contributed by atoms with Crippen LogP contribution in [0.5, 0.6) is 0 Å². The fraction of sp³-hybridized carbons (Fsp3) is 0.235. The lowest BCUT2D eigenvalue weighted by atomic mass is 10.1. The van der Waals surface area contributed by atoms with Crippen molar-refractivity contribution >= 4 is 46.4 Å². The number of amides is 1. The number of halogens is 3. The summed E-state index contributed by atoms with van der Waals surface area (Å²) >= 11 is 18.1. The second-order valence-electron chi connectivity index (χ2n) is 5.59. The first-order valence-corrected chi connectivity index (χ1v) is 8.68. The van der Waals surface area contributed by atoms with Crippen molar-refractivity contribution in [1.82, 2.24) is 10.2 Å². The van der Waals surface area contributed by atoms with Gasteiger partial charge in [-0.3, -0.25) is 19.8 Å². The molecule has 0 aliphatic heterocycles. The Morgan fingerprint density at radius 1 is 1.15 bits per heavy atom. The number of nitrogens with zero attached hydrogens (tertiary/aromatic N) is 2. The monoisotopic (exact) mass is 415 g/mol. The summed E-state index contributed by atoms with van der Waals surface area (Å²) in [6.07, 6.45) is -1.000. The average molecular weight is 417 g/mol. The molecule has 0 fully saturated rings. The van der Waals surface area contributed by atoms with E-state index in [1.807, 2.05) is 30.3 Å². The predicted molar refractivity (Wildman–Crippen MR) is 103 cm³/mol. The molecule has 2 rings (SSSR count). The van der Waals surface area contributed by atoms with Crippen LogP contribution in [0.25, 0.3) is 0 Å². The molecule has 0 aromatic heterocycles. The molecule has 9 heteroatoms.